The Kier molecular flexibility index (Phi) is 12.2. The molecule has 200 valence electrons. The summed E-state index contributed by atoms with van der Waals surface area (Å²) >= 11 is 0. The van der Waals surface area contributed by atoms with Crippen molar-refractivity contribution >= 4 is 17.8 Å². The van der Waals surface area contributed by atoms with Gasteiger partial charge in [-0.15, -0.1) is 0 Å². The maximum atomic E-state index is 12.8. The third kappa shape index (κ3) is 9.71. The normalized spacial score (nSPS) is 13.5. The lowest BCUT2D eigenvalue weighted by Gasteiger charge is -2.06. The van der Waals surface area contributed by atoms with E-state index in [0.29, 0.717) is 29.2 Å². The summed E-state index contributed by atoms with van der Waals surface area (Å²) in [7, 11) is 1.60. The highest BCUT2D eigenvalue weighted by Crippen LogP contribution is 2.35. The largest absolute Gasteiger partial charge is 0.497 e. The van der Waals surface area contributed by atoms with E-state index in [-0.39, 0.29) is 17.5 Å². The van der Waals surface area contributed by atoms with Crippen molar-refractivity contribution in [2.75, 3.05) is 7.11 Å². The number of esters is 1. The van der Waals surface area contributed by atoms with Gasteiger partial charge < -0.3 is 14.2 Å². The van der Waals surface area contributed by atoms with Gasteiger partial charge in [0.25, 0.3) is 0 Å². The third-order valence-electron chi connectivity index (χ3n) is 6.75. The molecule has 0 radical (unpaired) electrons. The lowest BCUT2D eigenvalue weighted by Crippen LogP contribution is -2.08. The molecule has 1 aliphatic rings. The summed E-state index contributed by atoms with van der Waals surface area (Å²) in [6.07, 6.45) is 18.5. The van der Waals surface area contributed by atoms with Crippen molar-refractivity contribution < 1.29 is 23.8 Å². The van der Waals surface area contributed by atoms with Crippen molar-refractivity contribution in [2.45, 2.75) is 96.8 Å². The number of ketones is 1. The van der Waals surface area contributed by atoms with Crippen LogP contribution in [0.15, 0.2) is 48.2 Å². The fraction of sp³-hybridized carbons (Fsp3) is 0.500. The van der Waals surface area contributed by atoms with E-state index >= 15 is 0 Å². The Morgan fingerprint density at radius 2 is 1.46 bits per heavy atom. The van der Waals surface area contributed by atoms with E-state index in [2.05, 4.69) is 6.92 Å². The topological polar surface area (TPSA) is 61.8 Å². The minimum absolute atomic E-state index is 0.229. The quantitative estimate of drug-likeness (QED) is 0.0929. The summed E-state index contributed by atoms with van der Waals surface area (Å²) in [6, 6.07) is 12.3. The van der Waals surface area contributed by atoms with Crippen LogP contribution in [-0.2, 0) is 4.79 Å². The summed E-state index contributed by atoms with van der Waals surface area (Å²) in [5.41, 5.74) is 1.21. The molecule has 1 aliphatic heterocycles. The number of hydrogen-bond donors (Lipinski definition) is 0. The number of unbranched alkanes of at least 4 members (excludes halogenated alkanes) is 12. The second-order valence-electron chi connectivity index (χ2n) is 9.84. The van der Waals surface area contributed by atoms with Gasteiger partial charge in [0.05, 0.1) is 12.7 Å². The minimum atomic E-state index is -0.262. The Labute approximate surface area is 222 Å². The maximum Gasteiger partial charge on any atom is 0.311 e. The van der Waals surface area contributed by atoms with Crippen LogP contribution in [0.3, 0.4) is 0 Å². The molecule has 2 aromatic carbocycles. The molecule has 1 heterocycles. The first-order valence-electron chi connectivity index (χ1n) is 14.0. The van der Waals surface area contributed by atoms with Gasteiger partial charge >= 0.3 is 5.97 Å². The average molecular weight is 507 g/mol. The summed E-state index contributed by atoms with van der Waals surface area (Å²) in [6.45, 7) is 2.26. The fourth-order valence-corrected chi connectivity index (χ4v) is 4.58. The van der Waals surface area contributed by atoms with Crippen LogP contribution in [-0.4, -0.2) is 18.9 Å². The second kappa shape index (κ2) is 15.9. The van der Waals surface area contributed by atoms with Crippen LogP contribution in [0.4, 0.5) is 0 Å². The van der Waals surface area contributed by atoms with E-state index in [1.807, 2.05) is 24.3 Å². The number of fused-ring (bicyclic) bond motifs is 1. The molecule has 2 aromatic rings. The monoisotopic (exact) mass is 506 g/mol. The summed E-state index contributed by atoms with van der Waals surface area (Å²) in [5.74, 6) is 1.29. The van der Waals surface area contributed by atoms with Gasteiger partial charge in [0.1, 0.15) is 17.2 Å². The molecular formula is C32H42O5. The Morgan fingerprint density at radius 1 is 0.811 bits per heavy atom. The Balaban J connectivity index is 1.32. The van der Waals surface area contributed by atoms with Crippen LogP contribution >= 0.6 is 0 Å². The standard InChI is InChI=1S/C32H42O5/c1-3-4-5-6-7-8-9-10-11-12-13-14-15-19-31(33)36-27-20-21-29-28(24-27)32(34)30(37-29)23-25-17-16-18-26(22-25)35-2/h16-18,20-24H,3-15,19H2,1-2H3/b30-23-. The molecule has 0 saturated heterocycles. The molecule has 0 amide bonds. The number of allylic oxidation sites excluding steroid dienone is 1. The number of carbonyl (C=O) groups excluding carboxylic acids is 2. The first kappa shape index (κ1) is 28.5. The van der Waals surface area contributed by atoms with Gasteiger partial charge in [-0.2, -0.15) is 0 Å². The number of benzene rings is 2. The SMILES string of the molecule is CCCCCCCCCCCCCCCC(=O)Oc1ccc2c(c1)C(=O)/C(=C/c1cccc(OC)c1)O2. The molecule has 0 aliphatic carbocycles. The first-order valence-corrected chi connectivity index (χ1v) is 14.0. The van der Waals surface area contributed by atoms with E-state index in [4.69, 9.17) is 14.2 Å². The number of hydrogen-bond acceptors (Lipinski definition) is 5. The molecule has 0 bridgehead atoms. The fourth-order valence-electron chi connectivity index (χ4n) is 4.58. The minimum Gasteiger partial charge on any atom is -0.497 e. The highest BCUT2D eigenvalue weighted by Gasteiger charge is 2.28. The van der Waals surface area contributed by atoms with Gasteiger partial charge in [-0.3, -0.25) is 9.59 Å². The van der Waals surface area contributed by atoms with E-state index in [0.717, 1.165) is 24.8 Å². The van der Waals surface area contributed by atoms with Crippen LogP contribution in [0.1, 0.15) is 113 Å². The van der Waals surface area contributed by atoms with Crippen molar-refractivity contribution in [3.8, 4) is 17.2 Å². The van der Waals surface area contributed by atoms with Crippen molar-refractivity contribution in [3.63, 3.8) is 0 Å². The molecule has 0 N–H and O–H groups in total. The van der Waals surface area contributed by atoms with Crippen LogP contribution < -0.4 is 14.2 Å². The first-order chi connectivity index (χ1) is 18.1. The van der Waals surface area contributed by atoms with Crippen LogP contribution in [0.2, 0.25) is 0 Å². The molecule has 3 rings (SSSR count). The van der Waals surface area contributed by atoms with Gasteiger partial charge in [-0.05, 0) is 48.4 Å². The predicted molar refractivity (Wildman–Crippen MR) is 148 cm³/mol. The molecule has 0 saturated carbocycles. The number of carbonyl (C=O) groups is 2. The van der Waals surface area contributed by atoms with Gasteiger partial charge in [0.2, 0.25) is 5.78 Å². The molecule has 0 aromatic heterocycles. The average Bonchev–Trinajstić information content (AvgIpc) is 3.21. The zero-order valence-electron chi connectivity index (χ0n) is 22.6. The lowest BCUT2D eigenvalue weighted by atomic mass is 10.0. The van der Waals surface area contributed by atoms with E-state index < -0.39 is 0 Å². The third-order valence-corrected chi connectivity index (χ3v) is 6.75. The Bertz CT molecular complexity index is 1040. The summed E-state index contributed by atoms with van der Waals surface area (Å²) in [4.78, 5) is 25.1. The number of rotatable bonds is 17. The molecule has 0 unspecified atom stereocenters. The van der Waals surface area contributed by atoms with Crippen molar-refractivity contribution in [2.24, 2.45) is 0 Å². The molecule has 5 heteroatoms. The van der Waals surface area contributed by atoms with Crippen molar-refractivity contribution in [3.05, 3.63) is 59.4 Å². The van der Waals surface area contributed by atoms with Crippen molar-refractivity contribution in [1.82, 2.24) is 0 Å². The second-order valence-corrected chi connectivity index (χ2v) is 9.84. The van der Waals surface area contributed by atoms with E-state index in [1.54, 1.807) is 31.4 Å². The van der Waals surface area contributed by atoms with E-state index in [9.17, 15) is 9.59 Å². The maximum absolute atomic E-state index is 12.8. The Hall–Kier alpha value is -3.08. The molecule has 0 spiro atoms. The zero-order valence-corrected chi connectivity index (χ0v) is 22.6. The molecule has 37 heavy (non-hydrogen) atoms. The highest BCUT2D eigenvalue weighted by atomic mass is 16.5. The summed E-state index contributed by atoms with van der Waals surface area (Å²) in [5, 5.41) is 0. The number of ether oxygens (including phenoxy) is 3. The molecule has 0 atom stereocenters. The smallest absolute Gasteiger partial charge is 0.311 e. The van der Waals surface area contributed by atoms with Crippen LogP contribution in [0, 0.1) is 0 Å². The Morgan fingerprint density at radius 3 is 2.11 bits per heavy atom. The van der Waals surface area contributed by atoms with E-state index in [1.165, 1.54) is 64.2 Å². The molecular weight excluding hydrogens is 464 g/mol. The number of methoxy groups -OCH3 is 1. The van der Waals surface area contributed by atoms with Gasteiger partial charge in [0, 0.05) is 6.42 Å². The number of Topliss-reactive ketones (excluding diaryl/α,β-unsaturated/α-hetero) is 1. The van der Waals surface area contributed by atoms with Crippen molar-refractivity contribution in [1.29, 1.82) is 0 Å². The van der Waals surface area contributed by atoms with Gasteiger partial charge in [0.15, 0.2) is 5.76 Å². The van der Waals surface area contributed by atoms with Crippen LogP contribution in [0.25, 0.3) is 6.08 Å². The van der Waals surface area contributed by atoms with Crippen LogP contribution in [0.5, 0.6) is 17.2 Å². The van der Waals surface area contributed by atoms with Gasteiger partial charge in [-0.25, -0.2) is 0 Å². The highest BCUT2D eigenvalue weighted by molar-refractivity contribution is 6.14. The lowest BCUT2D eigenvalue weighted by molar-refractivity contribution is -0.134. The van der Waals surface area contributed by atoms with Gasteiger partial charge in [-0.1, -0.05) is 96.1 Å². The molecule has 5 nitrogen and oxygen atoms in total. The predicted octanol–water partition coefficient (Wildman–Crippen LogP) is 8.70. The molecule has 0 fully saturated rings. The summed E-state index contributed by atoms with van der Waals surface area (Å²) < 4.78 is 16.5. The zero-order chi connectivity index (χ0) is 26.3.